The topological polar surface area (TPSA) is 66.8 Å². The van der Waals surface area contributed by atoms with Crippen LogP contribution in [0, 0.1) is 26.2 Å². The molecular formula is C36H38F3NO4. The standard InChI is InChI=1S/C36H38F3NO4/c1-20-13-26(16-28(14-20)36(37,38)39)32-23(4)40(34(43)44-32)19-27-18-35(5,6)12-11-30(27)24-8-7-21(2)31(17-24)29-10-9-25(33(41)42)15-22(29)3/h7-10,13-17,23,32H,11-12,18-19H2,1-6H3,(H,41,42)/t23-,32-/m0/s1. The van der Waals surface area contributed by atoms with Gasteiger partial charge in [-0.05, 0) is 127 Å². The van der Waals surface area contributed by atoms with E-state index >= 15 is 0 Å². The number of carboxylic acids is 1. The number of hydrogen-bond acceptors (Lipinski definition) is 3. The third kappa shape index (κ3) is 6.26. The van der Waals surface area contributed by atoms with E-state index < -0.39 is 35.9 Å². The van der Waals surface area contributed by atoms with E-state index in [2.05, 4.69) is 32.0 Å². The van der Waals surface area contributed by atoms with E-state index in [0.717, 1.165) is 70.4 Å². The average molecular weight is 606 g/mol. The van der Waals surface area contributed by atoms with Crippen LogP contribution in [0.15, 0.2) is 60.2 Å². The lowest BCUT2D eigenvalue weighted by atomic mass is 9.72. The summed E-state index contributed by atoms with van der Waals surface area (Å²) >= 11 is 0. The smallest absolute Gasteiger partial charge is 0.416 e. The van der Waals surface area contributed by atoms with Crippen molar-refractivity contribution < 1.29 is 32.6 Å². The zero-order valence-corrected chi connectivity index (χ0v) is 25.9. The molecule has 44 heavy (non-hydrogen) atoms. The predicted molar refractivity (Wildman–Crippen MR) is 164 cm³/mol. The Balaban J connectivity index is 1.51. The van der Waals surface area contributed by atoms with Crippen LogP contribution in [-0.2, 0) is 10.9 Å². The van der Waals surface area contributed by atoms with Gasteiger partial charge in [-0.25, -0.2) is 9.59 Å². The molecule has 1 aliphatic heterocycles. The number of carbonyl (C=O) groups is 2. The molecule has 8 heteroatoms. The molecule has 1 aliphatic carbocycles. The Labute approximate surface area is 256 Å². The fourth-order valence-electron chi connectivity index (χ4n) is 6.62. The van der Waals surface area contributed by atoms with Crippen LogP contribution in [0.3, 0.4) is 0 Å². The zero-order valence-electron chi connectivity index (χ0n) is 25.9. The Morgan fingerprint density at radius 2 is 1.73 bits per heavy atom. The minimum Gasteiger partial charge on any atom is -0.478 e. The summed E-state index contributed by atoms with van der Waals surface area (Å²) in [6.07, 6.45) is -3.30. The minimum atomic E-state index is -4.50. The zero-order chi connectivity index (χ0) is 32.1. The molecule has 1 heterocycles. The van der Waals surface area contributed by atoms with Crippen molar-refractivity contribution in [3.8, 4) is 11.1 Å². The number of aromatic carboxylic acids is 1. The van der Waals surface area contributed by atoms with E-state index in [1.165, 1.54) is 0 Å². The van der Waals surface area contributed by atoms with Crippen LogP contribution in [0.25, 0.3) is 16.7 Å². The van der Waals surface area contributed by atoms with Crippen molar-refractivity contribution in [1.82, 2.24) is 4.90 Å². The predicted octanol–water partition coefficient (Wildman–Crippen LogP) is 9.54. The van der Waals surface area contributed by atoms with Crippen molar-refractivity contribution in [2.75, 3.05) is 6.54 Å². The number of halogens is 3. The molecule has 3 aromatic rings. The Morgan fingerprint density at radius 1 is 1.00 bits per heavy atom. The van der Waals surface area contributed by atoms with E-state index in [-0.39, 0.29) is 11.0 Å². The average Bonchev–Trinajstić information content (AvgIpc) is 3.21. The van der Waals surface area contributed by atoms with E-state index in [0.29, 0.717) is 17.7 Å². The van der Waals surface area contributed by atoms with Gasteiger partial charge in [0.15, 0.2) is 0 Å². The summed E-state index contributed by atoms with van der Waals surface area (Å²) < 4.78 is 46.4. The van der Waals surface area contributed by atoms with Crippen LogP contribution < -0.4 is 0 Å². The summed E-state index contributed by atoms with van der Waals surface area (Å²) in [6, 6.07) is 14.8. The number of ether oxygens (including phenoxy) is 1. The number of cyclic esters (lactones) is 1. The lowest BCUT2D eigenvalue weighted by molar-refractivity contribution is -0.137. The molecule has 232 valence electrons. The largest absolute Gasteiger partial charge is 0.478 e. The maximum atomic E-state index is 13.6. The number of nitrogens with zero attached hydrogens (tertiary/aromatic N) is 1. The first-order chi connectivity index (χ1) is 20.5. The van der Waals surface area contributed by atoms with Crippen molar-refractivity contribution in [3.05, 3.63) is 99.1 Å². The van der Waals surface area contributed by atoms with Gasteiger partial charge in [0.2, 0.25) is 0 Å². The van der Waals surface area contributed by atoms with Gasteiger partial charge in [-0.1, -0.05) is 43.7 Å². The quantitative estimate of drug-likeness (QED) is 0.304. The molecule has 3 aromatic carbocycles. The molecule has 1 N–H and O–H groups in total. The van der Waals surface area contributed by atoms with Crippen LogP contribution in [0.2, 0.25) is 0 Å². The molecule has 1 amide bonds. The monoisotopic (exact) mass is 605 g/mol. The minimum absolute atomic E-state index is 0.0139. The van der Waals surface area contributed by atoms with Gasteiger partial charge < -0.3 is 9.84 Å². The highest BCUT2D eigenvalue weighted by Crippen LogP contribution is 2.45. The maximum absolute atomic E-state index is 13.6. The van der Waals surface area contributed by atoms with Gasteiger partial charge in [-0.3, -0.25) is 4.90 Å². The fourth-order valence-corrected chi connectivity index (χ4v) is 6.62. The first-order valence-corrected chi connectivity index (χ1v) is 14.9. The fraction of sp³-hybridized carbons (Fsp3) is 0.389. The Bertz CT molecular complexity index is 1670. The van der Waals surface area contributed by atoms with E-state index in [1.54, 1.807) is 30.0 Å². The summed E-state index contributed by atoms with van der Waals surface area (Å²) in [5, 5.41) is 9.41. The SMILES string of the molecule is Cc1cc([C@H]2OC(=O)N(CC3=C(c4ccc(C)c(-c5ccc(C(=O)O)cc5C)c4)CCC(C)(C)C3)[C@H]2C)cc(C(F)(F)F)c1. The molecule has 0 spiro atoms. The summed E-state index contributed by atoms with van der Waals surface area (Å²) in [4.78, 5) is 26.4. The number of alkyl halides is 3. The summed E-state index contributed by atoms with van der Waals surface area (Å²) in [5.41, 5.74) is 7.52. The highest BCUT2D eigenvalue weighted by molar-refractivity contribution is 5.89. The molecule has 0 unspecified atom stereocenters. The molecule has 5 rings (SSSR count). The van der Waals surface area contributed by atoms with E-state index in [9.17, 15) is 27.9 Å². The lowest BCUT2D eigenvalue weighted by Crippen LogP contribution is -2.35. The van der Waals surface area contributed by atoms with E-state index in [4.69, 9.17) is 4.74 Å². The Kier molecular flexibility index (Phi) is 8.16. The molecule has 0 aromatic heterocycles. The third-order valence-electron chi connectivity index (χ3n) is 9.03. The Morgan fingerprint density at radius 3 is 2.39 bits per heavy atom. The number of aryl methyl sites for hydroxylation is 3. The number of carboxylic acid groups (broad SMARTS) is 1. The molecule has 2 atom stereocenters. The number of amides is 1. The van der Waals surface area contributed by atoms with Gasteiger partial charge in [0.1, 0.15) is 6.10 Å². The van der Waals surface area contributed by atoms with Gasteiger partial charge in [0, 0.05) is 6.54 Å². The first kappa shape index (κ1) is 31.4. The second-order valence-electron chi connectivity index (χ2n) is 13.1. The highest BCUT2D eigenvalue weighted by atomic mass is 19.4. The van der Waals surface area contributed by atoms with Crippen molar-refractivity contribution in [2.24, 2.45) is 5.41 Å². The summed E-state index contributed by atoms with van der Waals surface area (Å²) in [6.45, 7) is 12.1. The molecule has 0 radical (unpaired) electrons. The number of benzene rings is 3. The summed E-state index contributed by atoms with van der Waals surface area (Å²) in [7, 11) is 0. The van der Waals surface area contributed by atoms with Crippen molar-refractivity contribution in [3.63, 3.8) is 0 Å². The molecule has 2 aliphatic rings. The number of carbonyl (C=O) groups excluding carboxylic acids is 1. The van der Waals surface area contributed by atoms with Crippen molar-refractivity contribution in [2.45, 2.75) is 79.1 Å². The number of hydrogen-bond donors (Lipinski definition) is 1. The van der Waals surface area contributed by atoms with Gasteiger partial charge in [0.05, 0.1) is 17.2 Å². The second kappa shape index (κ2) is 11.5. The van der Waals surface area contributed by atoms with Gasteiger partial charge >= 0.3 is 18.2 Å². The second-order valence-corrected chi connectivity index (χ2v) is 13.1. The van der Waals surface area contributed by atoms with Crippen molar-refractivity contribution >= 4 is 17.6 Å². The summed E-state index contributed by atoms with van der Waals surface area (Å²) in [5.74, 6) is -0.968. The maximum Gasteiger partial charge on any atom is 0.416 e. The molecule has 5 nitrogen and oxygen atoms in total. The third-order valence-corrected chi connectivity index (χ3v) is 9.03. The van der Waals surface area contributed by atoms with Crippen LogP contribution in [0.4, 0.5) is 18.0 Å². The van der Waals surface area contributed by atoms with Gasteiger partial charge in [-0.2, -0.15) is 13.2 Å². The number of allylic oxidation sites excluding steroid dienone is 1. The molecule has 0 bridgehead atoms. The highest BCUT2D eigenvalue weighted by Gasteiger charge is 2.42. The van der Waals surface area contributed by atoms with Crippen LogP contribution >= 0.6 is 0 Å². The molecule has 1 fully saturated rings. The van der Waals surface area contributed by atoms with Gasteiger partial charge in [-0.15, -0.1) is 0 Å². The first-order valence-electron chi connectivity index (χ1n) is 14.9. The lowest BCUT2D eigenvalue weighted by Gasteiger charge is -2.35. The molecular weight excluding hydrogens is 567 g/mol. The molecule has 0 saturated carbocycles. The van der Waals surface area contributed by atoms with Crippen LogP contribution in [0.5, 0.6) is 0 Å². The van der Waals surface area contributed by atoms with Crippen LogP contribution in [0.1, 0.15) is 89.9 Å². The van der Waals surface area contributed by atoms with Crippen LogP contribution in [-0.4, -0.2) is 34.7 Å². The van der Waals surface area contributed by atoms with Crippen molar-refractivity contribution in [1.29, 1.82) is 0 Å². The number of rotatable bonds is 6. The Hall–Kier alpha value is -4.07. The van der Waals surface area contributed by atoms with E-state index in [1.807, 2.05) is 26.8 Å². The normalized spacial score (nSPS) is 20.2. The molecule has 1 saturated heterocycles. The van der Waals surface area contributed by atoms with Gasteiger partial charge in [0.25, 0.3) is 0 Å².